The number of carbonyl (C=O) groups excluding carboxylic acids is 1. The Balaban J connectivity index is 1.61. The molecule has 6 rings (SSSR count). The lowest BCUT2D eigenvalue weighted by Gasteiger charge is -2.26. The molecule has 11 heteroatoms. The van der Waals surface area contributed by atoms with Crippen molar-refractivity contribution in [1.82, 2.24) is 5.32 Å². The van der Waals surface area contributed by atoms with Gasteiger partial charge in [-0.15, -0.1) is 0 Å². The fraction of sp³-hybridized carbons (Fsp3) is 0.222. The number of nitrogens with zero attached hydrogens (tertiary/aromatic N) is 1. The van der Waals surface area contributed by atoms with Gasteiger partial charge in [0.2, 0.25) is 10.0 Å². The van der Waals surface area contributed by atoms with Crippen molar-refractivity contribution >= 4 is 62.8 Å². The predicted molar refractivity (Wildman–Crippen MR) is 146 cm³/mol. The molecule has 1 fully saturated rings. The normalized spacial score (nSPS) is 14.8. The molecule has 2 aliphatic rings. The Kier molecular flexibility index (Phi) is 6.01. The summed E-state index contributed by atoms with van der Waals surface area (Å²) >= 11 is 6.50. The topological polar surface area (TPSA) is 88.8 Å². The predicted octanol–water partition coefficient (Wildman–Crippen LogP) is 5.00. The van der Waals surface area contributed by atoms with E-state index in [0.717, 1.165) is 35.7 Å². The molecule has 2 heterocycles. The number of benzene rings is 3. The molecule has 0 unspecified atom stereocenters. The van der Waals surface area contributed by atoms with E-state index < -0.39 is 15.8 Å². The van der Waals surface area contributed by atoms with E-state index in [0.29, 0.717) is 45.1 Å². The van der Waals surface area contributed by atoms with Crippen LogP contribution in [0.3, 0.4) is 0 Å². The third-order valence-electron chi connectivity index (χ3n) is 6.84. The van der Waals surface area contributed by atoms with E-state index in [2.05, 4.69) is 5.32 Å². The van der Waals surface area contributed by atoms with Crippen LogP contribution in [0.25, 0.3) is 22.3 Å². The zero-order valence-electron chi connectivity index (χ0n) is 20.5. The highest BCUT2D eigenvalue weighted by Gasteiger charge is 2.34. The Morgan fingerprint density at radius 1 is 1.16 bits per heavy atom. The van der Waals surface area contributed by atoms with Crippen molar-refractivity contribution in [2.45, 2.75) is 25.4 Å². The van der Waals surface area contributed by atoms with Crippen molar-refractivity contribution in [2.75, 3.05) is 17.6 Å². The van der Waals surface area contributed by atoms with E-state index in [1.54, 1.807) is 25.7 Å². The van der Waals surface area contributed by atoms with Gasteiger partial charge in [-0.3, -0.25) is 4.79 Å². The fourth-order valence-electron chi connectivity index (χ4n) is 4.95. The van der Waals surface area contributed by atoms with Crippen LogP contribution >= 0.6 is 11.6 Å². The van der Waals surface area contributed by atoms with Gasteiger partial charge in [0.15, 0.2) is 0 Å². The lowest BCUT2D eigenvalue weighted by molar-refractivity contribution is 0.0964. The van der Waals surface area contributed by atoms with Crippen LogP contribution < -0.4 is 15.1 Å². The third kappa shape index (κ3) is 4.26. The van der Waals surface area contributed by atoms with Gasteiger partial charge in [-0.05, 0) is 77.8 Å². The zero-order valence-corrected chi connectivity index (χ0v) is 22.1. The van der Waals surface area contributed by atoms with Crippen LogP contribution in [0.4, 0.5) is 15.8 Å². The summed E-state index contributed by atoms with van der Waals surface area (Å²) in [5.74, 6) is -0.372. The number of hydrogen-bond acceptors (Lipinski definition) is 5. The number of hydrogen-bond donors (Lipinski definition) is 1. The molecular weight excluding hydrogens is 530 g/mol. The summed E-state index contributed by atoms with van der Waals surface area (Å²) in [5, 5.41) is 3.59. The molecule has 1 saturated carbocycles. The fourth-order valence-corrected chi connectivity index (χ4v) is 6.23. The maximum absolute atomic E-state index is 13.6. The van der Waals surface area contributed by atoms with E-state index in [1.165, 1.54) is 35.6 Å². The lowest BCUT2D eigenvalue weighted by Crippen LogP contribution is -2.27. The number of amides is 1. The minimum absolute atomic E-state index is 0.127. The maximum atomic E-state index is 13.6. The SMILES string of the molecule is CNC(=O)c1c(-c2ccc(F)cc2)oc2cc(N(c3cc(Cl)c4c(c3)CO[B]4)S(C)(=O)=O)c(C3CC3)cc12. The van der Waals surface area contributed by atoms with Crippen LogP contribution in [0.15, 0.2) is 52.9 Å². The van der Waals surface area contributed by atoms with Crippen LogP contribution in [-0.2, 0) is 21.3 Å². The minimum Gasteiger partial charge on any atom is -0.455 e. The molecular formula is C27H22BClFN2O5S. The van der Waals surface area contributed by atoms with Crippen LogP contribution in [0.5, 0.6) is 0 Å². The molecule has 3 aromatic carbocycles. The second-order valence-electron chi connectivity index (χ2n) is 9.53. The summed E-state index contributed by atoms with van der Waals surface area (Å²) in [7, 11) is -0.735. The van der Waals surface area contributed by atoms with Crippen molar-refractivity contribution in [3.8, 4) is 11.3 Å². The second kappa shape index (κ2) is 9.15. The van der Waals surface area contributed by atoms with Crippen LogP contribution in [0.2, 0.25) is 5.02 Å². The molecule has 1 amide bonds. The van der Waals surface area contributed by atoms with Crippen molar-refractivity contribution in [1.29, 1.82) is 0 Å². The number of anilines is 2. The molecule has 38 heavy (non-hydrogen) atoms. The summed E-state index contributed by atoms with van der Waals surface area (Å²) in [5.41, 5.74) is 4.29. The quantitative estimate of drug-likeness (QED) is 0.341. The molecule has 1 aliphatic heterocycles. The second-order valence-corrected chi connectivity index (χ2v) is 11.8. The number of rotatable bonds is 6. The first-order chi connectivity index (χ1) is 18.2. The van der Waals surface area contributed by atoms with E-state index in [1.807, 2.05) is 6.07 Å². The number of halogens is 2. The Morgan fingerprint density at radius 2 is 1.89 bits per heavy atom. The summed E-state index contributed by atoms with van der Waals surface area (Å²) in [6.45, 7) is 0.295. The Morgan fingerprint density at radius 3 is 2.55 bits per heavy atom. The first-order valence-electron chi connectivity index (χ1n) is 12.0. The molecule has 1 N–H and O–H groups in total. The molecule has 0 spiro atoms. The van der Waals surface area contributed by atoms with Crippen molar-refractivity contribution in [3.63, 3.8) is 0 Å². The molecule has 7 nitrogen and oxygen atoms in total. The van der Waals surface area contributed by atoms with Crippen molar-refractivity contribution in [3.05, 3.63) is 76.1 Å². The summed E-state index contributed by atoms with van der Waals surface area (Å²) in [6.07, 6.45) is 2.92. The summed E-state index contributed by atoms with van der Waals surface area (Å²) < 4.78 is 53.0. The number of fused-ring (bicyclic) bond motifs is 2. The average molecular weight is 552 g/mol. The van der Waals surface area contributed by atoms with E-state index in [4.69, 9.17) is 20.7 Å². The van der Waals surface area contributed by atoms with Gasteiger partial charge in [-0.2, -0.15) is 0 Å². The first kappa shape index (κ1) is 25.0. The Bertz CT molecular complexity index is 1720. The molecule has 1 aromatic heterocycles. The Labute approximate surface area is 224 Å². The standard InChI is InChI=1S/C27H22BClFN2O5S/c1-31-27(33)24-20-11-19(14-3-4-14)22(12-23(20)37-26(24)15-5-7-17(30)8-6-15)32(38(2,34)35)18-9-16-13-36-28-25(16)21(29)10-18/h5-12,14H,3-4,13H2,1-2H3,(H,31,33). The molecule has 0 bridgehead atoms. The van der Waals surface area contributed by atoms with Crippen LogP contribution in [0, 0.1) is 5.82 Å². The molecule has 1 aliphatic carbocycles. The van der Waals surface area contributed by atoms with Crippen molar-refractivity contribution < 1.29 is 26.7 Å². The van der Waals surface area contributed by atoms with Crippen LogP contribution in [-0.4, -0.2) is 35.1 Å². The summed E-state index contributed by atoms with van der Waals surface area (Å²) in [4.78, 5) is 13.0. The van der Waals surface area contributed by atoms with Gasteiger partial charge in [-0.25, -0.2) is 17.1 Å². The lowest BCUT2D eigenvalue weighted by atomic mass is 9.87. The largest absolute Gasteiger partial charge is 0.455 e. The van der Waals surface area contributed by atoms with Gasteiger partial charge >= 0.3 is 7.48 Å². The highest BCUT2D eigenvalue weighted by molar-refractivity contribution is 7.92. The number of furan rings is 1. The van der Waals surface area contributed by atoms with Crippen LogP contribution in [0.1, 0.15) is 40.2 Å². The van der Waals surface area contributed by atoms with Gasteiger partial charge in [0.05, 0.1) is 29.8 Å². The van der Waals surface area contributed by atoms with Gasteiger partial charge < -0.3 is 14.4 Å². The van der Waals surface area contributed by atoms with Gasteiger partial charge in [0.1, 0.15) is 17.2 Å². The molecule has 4 aromatic rings. The third-order valence-corrected chi connectivity index (χ3v) is 8.22. The number of nitrogens with one attached hydrogen (secondary N) is 1. The number of carbonyl (C=O) groups is 1. The van der Waals surface area contributed by atoms with E-state index in [9.17, 15) is 17.6 Å². The molecule has 193 valence electrons. The van der Waals surface area contributed by atoms with Gasteiger partial charge in [0.25, 0.3) is 5.91 Å². The summed E-state index contributed by atoms with van der Waals surface area (Å²) in [6, 6.07) is 12.5. The van der Waals surface area contributed by atoms with E-state index in [-0.39, 0.29) is 17.6 Å². The molecule has 0 atom stereocenters. The zero-order chi connectivity index (χ0) is 26.8. The van der Waals surface area contributed by atoms with Crippen molar-refractivity contribution in [2.24, 2.45) is 0 Å². The Hall–Kier alpha value is -3.34. The molecule has 0 saturated heterocycles. The number of sulfonamides is 1. The molecule has 1 radical (unpaired) electrons. The minimum atomic E-state index is -3.82. The highest BCUT2D eigenvalue weighted by Crippen LogP contribution is 2.49. The smallest absolute Gasteiger partial charge is 0.332 e. The first-order valence-corrected chi connectivity index (χ1v) is 14.2. The monoisotopic (exact) mass is 551 g/mol. The maximum Gasteiger partial charge on any atom is 0.332 e. The van der Waals surface area contributed by atoms with Gasteiger partial charge in [0, 0.05) is 29.1 Å². The van der Waals surface area contributed by atoms with E-state index >= 15 is 0 Å². The highest BCUT2D eigenvalue weighted by atomic mass is 35.5. The van der Waals surface area contributed by atoms with Gasteiger partial charge in [-0.1, -0.05) is 11.6 Å². The average Bonchev–Trinajstić information content (AvgIpc) is 3.48.